The quantitative estimate of drug-likeness (QED) is 0.906. The number of carboxylic acids is 1. The maximum Gasteiger partial charge on any atom is 0.347 e. The fourth-order valence-electron chi connectivity index (χ4n) is 2.34. The predicted molar refractivity (Wildman–Crippen MR) is 72.6 cm³/mol. The molecule has 1 aromatic heterocycles. The van der Waals surface area contributed by atoms with Gasteiger partial charge >= 0.3 is 5.97 Å². The molecule has 1 atom stereocenters. The molecule has 1 unspecified atom stereocenters. The Morgan fingerprint density at radius 1 is 1.61 bits per heavy atom. The second kappa shape index (κ2) is 5.67. The highest BCUT2D eigenvalue weighted by atomic mass is 32.1. The summed E-state index contributed by atoms with van der Waals surface area (Å²) in [5.74, 6) is -0.890. The van der Waals surface area contributed by atoms with Crippen LogP contribution in [0.2, 0.25) is 0 Å². The van der Waals surface area contributed by atoms with E-state index in [9.17, 15) is 4.79 Å². The van der Waals surface area contributed by atoms with Crippen molar-refractivity contribution in [2.24, 2.45) is 0 Å². The van der Waals surface area contributed by atoms with Crippen LogP contribution >= 0.6 is 11.3 Å². The molecular weight excluding hydrogens is 250 g/mol. The van der Waals surface area contributed by atoms with Crippen molar-refractivity contribution < 1.29 is 9.90 Å². The molecule has 0 aromatic carbocycles. The number of hydrogen-bond donors (Lipinski definition) is 1. The van der Waals surface area contributed by atoms with Gasteiger partial charge in [-0.15, -0.1) is 0 Å². The molecule has 18 heavy (non-hydrogen) atoms. The Bertz CT molecular complexity index is 421. The smallest absolute Gasteiger partial charge is 0.347 e. The summed E-state index contributed by atoms with van der Waals surface area (Å²) in [7, 11) is 2.14. The standard InChI is InChI=1S/C12H19N3O2S/c1-3-9-8-14(2)5-4-6-15(9)12-13-7-10(18-12)11(16)17/h7,9H,3-6,8H2,1-2H3,(H,16,17). The number of hydrogen-bond acceptors (Lipinski definition) is 5. The number of aromatic nitrogens is 1. The average molecular weight is 269 g/mol. The van der Waals surface area contributed by atoms with Gasteiger partial charge in [0.15, 0.2) is 5.13 Å². The van der Waals surface area contributed by atoms with Crippen molar-refractivity contribution in [1.82, 2.24) is 9.88 Å². The molecule has 0 saturated carbocycles. The van der Waals surface area contributed by atoms with E-state index in [0.29, 0.717) is 10.9 Å². The van der Waals surface area contributed by atoms with E-state index in [4.69, 9.17) is 5.11 Å². The van der Waals surface area contributed by atoms with Gasteiger partial charge in [-0.3, -0.25) is 0 Å². The van der Waals surface area contributed by atoms with E-state index in [2.05, 4.69) is 28.8 Å². The van der Waals surface area contributed by atoms with Gasteiger partial charge in [-0.1, -0.05) is 18.3 Å². The lowest BCUT2D eigenvalue weighted by Gasteiger charge is -2.29. The highest BCUT2D eigenvalue weighted by Crippen LogP contribution is 2.26. The van der Waals surface area contributed by atoms with Crippen molar-refractivity contribution in [3.05, 3.63) is 11.1 Å². The maximum absolute atomic E-state index is 10.9. The summed E-state index contributed by atoms with van der Waals surface area (Å²) in [4.78, 5) is 20.1. The lowest BCUT2D eigenvalue weighted by Crippen LogP contribution is -2.39. The Kier molecular flexibility index (Phi) is 4.19. The zero-order valence-corrected chi connectivity index (χ0v) is 11.6. The van der Waals surface area contributed by atoms with Crippen LogP contribution in [-0.4, -0.2) is 53.7 Å². The van der Waals surface area contributed by atoms with Gasteiger partial charge in [0.05, 0.1) is 6.20 Å². The summed E-state index contributed by atoms with van der Waals surface area (Å²) in [5.41, 5.74) is 0. The number of thiazole rings is 1. The van der Waals surface area contributed by atoms with Gasteiger partial charge in [0.1, 0.15) is 4.88 Å². The van der Waals surface area contributed by atoms with Crippen molar-refractivity contribution in [3.8, 4) is 0 Å². The molecule has 1 saturated heterocycles. The minimum Gasteiger partial charge on any atom is -0.477 e. The van der Waals surface area contributed by atoms with Crippen molar-refractivity contribution in [3.63, 3.8) is 0 Å². The Balaban J connectivity index is 2.20. The van der Waals surface area contributed by atoms with Gasteiger partial charge in [-0.25, -0.2) is 9.78 Å². The average Bonchev–Trinajstić information content (AvgIpc) is 2.74. The van der Waals surface area contributed by atoms with Gasteiger partial charge in [0.25, 0.3) is 0 Å². The molecule has 0 bridgehead atoms. The molecule has 1 aromatic rings. The molecule has 1 N–H and O–H groups in total. The number of likely N-dealkylation sites (N-methyl/N-ethyl adjacent to an activating group) is 1. The summed E-state index contributed by atoms with van der Waals surface area (Å²) >= 11 is 1.27. The van der Waals surface area contributed by atoms with Gasteiger partial charge in [-0.05, 0) is 26.4 Å². The van der Waals surface area contributed by atoms with E-state index in [1.165, 1.54) is 17.5 Å². The normalized spacial score (nSPS) is 21.9. The second-order valence-corrected chi connectivity index (χ2v) is 5.69. The van der Waals surface area contributed by atoms with Crippen molar-refractivity contribution in [1.29, 1.82) is 0 Å². The fraction of sp³-hybridized carbons (Fsp3) is 0.667. The number of aromatic carboxylic acids is 1. The highest BCUT2D eigenvalue weighted by molar-refractivity contribution is 7.17. The lowest BCUT2D eigenvalue weighted by atomic mass is 10.2. The molecule has 0 radical (unpaired) electrons. The summed E-state index contributed by atoms with van der Waals surface area (Å²) < 4.78 is 0. The first kappa shape index (κ1) is 13.3. The van der Waals surface area contributed by atoms with E-state index < -0.39 is 5.97 Å². The van der Waals surface area contributed by atoms with Crippen LogP contribution in [0.3, 0.4) is 0 Å². The van der Waals surface area contributed by atoms with Crippen LogP contribution in [0, 0.1) is 0 Å². The summed E-state index contributed by atoms with van der Waals surface area (Å²) in [6.07, 6.45) is 3.60. The SMILES string of the molecule is CCC1CN(C)CCCN1c1ncc(C(=O)O)s1. The van der Waals surface area contributed by atoms with Crippen molar-refractivity contribution in [2.45, 2.75) is 25.8 Å². The maximum atomic E-state index is 10.9. The third kappa shape index (κ3) is 2.81. The first-order valence-corrected chi connectivity index (χ1v) is 7.07. The van der Waals surface area contributed by atoms with Crippen LogP contribution in [0.5, 0.6) is 0 Å². The van der Waals surface area contributed by atoms with E-state index in [-0.39, 0.29) is 0 Å². The Hall–Kier alpha value is -1.14. The number of carboxylic acid groups (broad SMARTS) is 1. The summed E-state index contributed by atoms with van der Waals surface area (Å²) in [6.45, 7) is 5.22. The molecule has 100 valence electrons. The van der Waals surface area contributed by atoms with Gasteiger partial charge in [-0.2, -0.15) is 0 Å². The second-order valence-electron chi connectivity index (χ2n) is 4.68. The number of anilines is 1. The van der Waals surface area contributed by atoms with Crippen molar-refractivity contribution >= 4 is 22.4 Å². The van der Waals surface area contributed by atoms with Gasteiger partial charge in [0, 0.05) is 19.1 Å². The van der Waals surface area contributed by atoms with Crippen LogP contribution in [0.4, 0.5) is 5.13 Å². The topological polar surface area (TPSA) is 56.7 Å². The molecule has 0 amide bonds. The zero-order chi connectivity index (χ0) is 13.1. The molecule has 1 aliphatic heterocycles. The van der Waals surface area contributed by atoms with E-state index in [0.717, 1.165) is 37.6 Å². The molecule has 2 heterocycles. The lowest BCUT2D eigenvalue weighted by molar-refractivity contribution is 0.0702. The molecule has 0 spiro atoms. The van der Waals surface area contributed by atoms with Crippen LogP contribution in [0.15, 0.2) is 6.20 Å². The van der Waals surface area contributed by atoms with Crippen LogP contribution < -0.4 is 4.90 Å². The Labute approximate surface area is 111 Å². The predicted octanol–water partition coefficient (Wildman–Crippen LogP) is 1.76. The van der Waals surface area contributed by atoms with Crippen LogP contribution in [0.1, 0.15) is 29.4 Å². The molecular formula is C12H19N3O2S. The first-order chi connectivity index (χ1) is 8.61. The molecule has 0 aliphatic carbocycles. The first-order valence-electron chi connectivity index (χ1n) is 6.26. The molecule has 6 heteroatoms. The van der Waals surface area contributed by atoms with E-state index in [1.54, 1.807) is 0 Å². The zero-order valence-electron chi connectivity index (χ0n) is 10.8. The number of nitrogens with zero attached hydrogens (tertiary/aromatic N) is 3. The Morgan fingerprint density at radius 3 is 3.00 bits per heavy atom. The van der Waals surface area contributed by atoms with Gasteiger partial charge in [0.2, 0.25) is 0 Å². The third-order valence-corrected chi connectivity index (χ3v) is 4.35. The van der Waals surface area contributed by atoms with E-state index >= 15 is 0 Å². The highest BCUT2D eigenvalue weighted by Gasteiger charge is 2.24. The van der Waals surface area contributed by atoms with Crippen LogP contribution in [-0.2, 0) is 0 Å². The summed E-state index contributed by atoms with van der Waals surface area (Å²) in [5, 5.41) is 9.80. The fourth-order valence-corrected chi connectivity index (χ4v) is 3.19. The third-order valence-electron chi connectivity index (χ3n) is 3.32. The molecule has 2 rings (SSSR count). The molecule has 5 nitrogen and oxygen atoms in total. The van der Waals surface area contributed by atoms with Crippen LogP contribution in [0.25, 0.3) is 0 Å². The monoisotopic (exact) mass is 269 g/mol. The van der Waals surface area contributed by atoms with Gasteiger partial charge < -0.3 is 14.9 Å². The minimum absolute atomic E-state index is 0.317. The minimum atomic E-state index is -0.890. The van der Waals surface area contributed by atoms with E-state index in [1.807, 2.05) is 0 Å². The molecule has 1 fully saturated rings. The largest absolute Gasteiger partial charge is 0.477 e. The van der Waals surface area contributed by atoms with Crippen molar-refractivity contribution in [2.75, 3.05) is 31.6 Å². The number of carbonyl (C=O) groups is 1. The summed E-state index contributed by atoms with van der Waals surface area (Å²) in [6, 6.07) is 0.422. The molecule has 1 aliphatic rings. The number of rotatable bonds is 3. The Morgan fingerprint density at radius 2 is 2.39 bits per heavy atom.